The van der Waals surface area contributed by atoms with E-state index in [1.54, 1.807) is 11.6 Å². The van der Waals surface area contributed by atoms with Crippen molar-refractivity contribution in [1.82, 2.24) is 9.78 Å². The average molecular weight is 258 g/mol. The van der Waals surface area contributed by atoms with Crippen molar-refractivity contribution < 1.29 is 9.90 Å². The van der Waals surface area contributed by atoms with Gasteiger partial charge >= 0.3 is 5.97 Å². The predicted molar refractivity (Wildman–Crippen MR) is 73.4 cm³/mol. The third kappa shape index (κ3) is 3.02. The Bertz CT molecular complexity index is 573. The third-order valence-corrected chi connectivity index (χ3v) is 3.27. The van der Waals surface area contributed by atoms with Crippen molar-refractivity contribution in [2.75, 3.05) is 0 Å². The maximum Gasteiger partial charge on any atom is 0.339 e. The van der Waals surface area contributed by atoms with Crippen LogP contribution in [-0.4, -0.2) is 20.9 Å². The molecule has 0 atom stereocenters. The summed E-state index contributed by atoms with van der Waals surface area (Å²) in [7, 11) is 0. The van der Waals surface area contributed by atoms with Crippen LogP contribution in [0, 0.1) is 13.8 Å². The van der Waals surface area contributed by atoms with E-state index in [9.17, 15) is 4.79 Å². The Morgan fingerprint density at radius 2 is 1.95 bits per heavy atom. The highest BCUT2D eigenvalue weighted by Crippen LogP contribution is 2.14. The molecule has 0 aliphatic heterocycles. The number of rotatable bonds is 5. The first-order valence-electron chi connectivity index (χ1n) is 6.41. The van der Waals surface area contributed by atoms with Crippen LogP contribution in [0.2, 0.25) is 0 Å². The molecule has 0 aliphatic rings. The van der Waals surface area contributed by atoms with Crippen molar-refractivity contribution in [2.45, 2.75) is 33.2 Å². The highest BCUT2D eigenvalue weighted by atomic mass is 16.4. The normalized spacial score (nSPS) is 10.6. The second-order valence-electron chi connectivity index (χ2n) is 4.66. The van der Waals surface area contributed by atoms with Crippen LogP contribution in [0.3, 0.4) is 0 Å². The first-order valence-corrected chi connectivity index (χ1v) is 6.41. The van der Waals surface area contributed by atoms with E-state index in [1.165, 1.54) is 5.56 Å². The molecule has 2 rings (SSSR count). The minimum atomic E-state index is -0.899. The number of nitrogens with zero attached hydrogens (tertiary/aromatic N) is 2. The minimum Gasteiger partial charge on any atom is -0.478 e. The van der Waals surface area contributed by atoms with Gasteiger partial charge in [-0.15, -0.1) is 0 Å². The number of aromatic carboxylic acids is 1. The molecular weight excluding hydrogens is 240 g/mol. The standard InChI is InChI=1S/C15H18N2O2/c1-11-14(15(18)19)12(2)17(16-11)10-6-9-13-7-4-3-5-8-13/h3-5,7-8H,6,9-10H2,1-2H3,(H,18,19). The molecule has 1 N–H and O–H groups in total. The molecule has 2 aromatic rings. The van der Waals surface area contributed by atoms with E-state index >= 15 is 0 Å². The number of carbonyl (C=O) groups is 1. The second-order valence-corrected chi connectivity index (χ2v) is 4.66. The summed E-state index contributed by atoms with van der Waals surface area (Å²) in [6.07, 6.45) is 1.92. The number of aromatic nitrogens is 2. The van der Waals surface area contributed by atoms with Crippen LogP contribution in [-0.2, 0) is 13.0 Å². The van der Waals surface area contributed by atoms with Gasteiger partial charge in [0.1, 0.15) is 5.56 Å². The summed E-state index contributed by atoms with van der Waals surface area (Å²) < 4.78 is 1.79. The van der Waals surface area contributed by atoms with Gasteiger partial charge in [-0.3, -0.25) is 4.68 Å². The molecule has 0 spiro atoms. The van der Waals surface area contributed by atoms with Gasteiger partial charge in [0.2, 0.25) is 0 Å². The fraction of sp³-hybridized carbons (Fsp3) is 0.333. The maximum atomic E-state index is 11.1. The number of hydrogen-bond acceptors (Lipinski definition) is 2. The predicted octanol–water partition coefficient (Wildman–Crippen LogP) is 2.83. The number of benzene rings is 1. The Hall–Kier alpha value is -2.10. The lowest BCUT2D eigenvalue weighted by atomic mass is 10.1. The van der Waals surface area contributed by atoms with Gasteiger partial charge in [0.05, 0.1) is 11.4 Å². The summed E-state index contributed by atoms with van der Waals surface area (Å²) in [6, 6.07) is 10.3. The molecule has 0 unspecified atom stereocenters. The molecule has 4 heteroatoms. The summed E-state index contributed by atoms with van der Waals surface area (Å²) in [4.78, 5) is 11.1. The molecular formula is C15H18N2O2. The first kappa shape index (κ1) is 13.3. The van der Waals surface area contributed by atoms with E-state index in [1.807, 2.05) is 25.1 Å². The molecule has 0 saturated heterocycles. The van der Waals surface area contributed by atoms with Gasteiger partial charge in [0.15, 0.2) is 0 Å². The zero-order valence-corrected chi connectivity index (χ0v) is 11.3. The molecule has 1 heterocycles. The molecule has 0 radical (unpaired) electrons. The monoisotopic (exact) mass is 258 g/mol. The smallest absolute Gasteiger partial charge is 0.339 e. The SMILES string of the molecule is Cc1nn(CCCc2ccccc2)c(C)c1C(=O)O. The summed E-state index contributed by atoms with van der Waals surface area (Å²) in [5.41, 5.74) is 2.95. The molecule has 100 valence electrons. The second kappa shape index (κ2) is 5.69. The molecule has 19 heavy (non-hydrogen) atoms. The maximum absolute atomic E-state index is 11.1. The number of hydrogen-bond donors (Lipinski definition) is 1. The van der Waals surface area contributed by atoms with E-state index < -0.39 is 5.97 Å². The largest absolute Gasteiger partial charge is 0.478 e. The van der Waals surface area contributed by atoms with E-state index in [-0.39, 0.29) is 0 Å². The molecule has 0 saturated carbocycles. The van der Waals surface area contributed by atoms with Crippen molar-refractivity contribution in [3.8, 4) is 0 Å². The van der Waals surface area contributed by atoms with Crippen LogP contribution in [0.25, 0.3) is 0 Å². The van der Waals surface area contributed by atoms with Gasteiger partial charge in [-0.2, -0.15) is 5.10 Å². The molecule has 0 bridgehead atoms. The topological polar surface area (TPSA) is 55.1 Å². The average Bonchev–Trinajstić information content (AvgIpc) is 2.66. The van der Waals surface area contributed by atoms with Gasteiger partial charge < -0.3 is 5.11 Å². The van der Waals surface area contributed by atoms with Crippen LogP contribution in [0.15, 0.2) is 30.3 Å². The van der Waals surface area contributed by atoms with Crippen molar-refractivity contribution in [3.05, 3.63) is 52.8 Å². The van der Waals surface area contributed by atoms with Gasteiger partial charge in [0.25, 0.3) is 0 Å². The number of aryl methyl sites for hydroxylation is 3. The quantitative estimate of drug-likeness (QED) is 0.897. The van der Waals surface area contributed by atoms with Crippen LogP contribution >= 0.6 is 0 Å². The molecule has 0 amide bonds. The fourth-order valence-electron chi connectivity index (χ4n) is 2.30. The lowest BCUT2D eigenvalue weighted by molar-refractivity contribution is 0.0695. The van der Waals surface area contributed by atoms with Crippen LogP contribution in [0.4, 0.5) is 0 Å². The van der Waals surface area contributed by atoms with Crippen LogP contribution in [0.1, 0.15) is 33.7 Å². The summed E-state index contributed by atoms with van der Waals surface area (Å²) in [5.74, 6) is -0.899. The molecule has 1 aromatic carbocycles. The van der Waals surface area contributed by atoms with Gasteiger partial charge in [0, 0.05) is 6.54 Å². The zero-order chi connectivity index (χ0) is 13.8. The Kier molecular flexibility index (Phi) is 4.00. The lowest BCUT2D eigenvalue weighted by Crippen LogP contribution is -2.05. The van der Waals surface area contributed by atoms with E-state index in [4.69, 9.17) is 5.11 Å². The van der Waals surface area contributed by atoms with Crippen LogP contribution in [0.5, 0.6) is 0 Å². The summed E-state index contributed by atoms with van der Waals surface area (Å²) in [5, 5.41) is 13.4. The zero-order valence-electron chi connectivity index (χ0n) is 11.3. The molecule has 0 aliphatic carbocycles. The van der Waals surface area contributed by atoms with Crippen molar-refractivity contribution in [3.63, 3.8) is 0 Å². The van der Waals surface area contributed by atoms with Gasteiger partial charge in [-0.1, -0.05) is 30.3 Å². The highest BCUT2D eigenvalue weighted by molar-refractivity contribution is 5.90. The Morgan fingerprint density at radius 3 is 2.53 bits per heavy atom. The molecule has 4 nitrogen and oxygen atoms in total. The van der Waals surface area contributed by atoms with Gasteiger partial charge in [-0.25, -0.2) is 4.79 Å². The van der Waals surface area contributed by atoms with E-state index in [2.05, 4.69) is 17.2 Å². The van der Waals surface area contributed by atoms with Gasteiger partial charge in [-0.05, 0) is 32.3 Å². The van der Waals surface area contributed by atoms with E-state index in [0.717, 1.165) is 25.1 Å². The van der Waals surface area contributed by atoms with Crippen molar-refractivity contribution in [2.24, 2.45) is 0 Å². The highest BCUT2D eigenvalue weighted by Gasteiger charge is 2.17. The molecule has 0 fully saturated rings. The minimum absolute atomic E-state index is 0.333. The van der Waals surface area contributed by atoms with Crippen LogP contribution < -0.4 is 0 Å². The third-order valence-electron chi connectivity index (χ3n) is 3.27. The van der Waals surface area contributed by atoms with E-state index in [0.29, 0.717) is 11.3 Å². The number of carboxylic acids is 1. The Balaban J connectivity index is 2.01. The van der Waals surface area contributed by atoms with Crippen molar-refractivity contribution >= 4 is 5.97 Å². The molecule has 1 aromatic heterocycles. The van der Waals surface area contributed by atoms with Crippen molar-refractivity contribution in [1.29, 1.82) is 0 Å². The Morgan fingerprint density at radius 1 is 1.26 bits per heavy atom. The Labute approximate surface area is 112 Å². The summed E-state index contributed by atoms with van der Waals surface area (Å²) >= 11 is 0. The fourth-order valence-corrected chi connectivity index (χ4v) is 2.30. The first-order chi connectivity index (χ1) is 9.09. The summed E-state index contributed by atoms with van der Waals surface area (Å²) in [6.45, 7) is 4.30. The lowest BCUT2D eigenvalue weighted by Gasteiger charge is -2.05. The number of carboxylic acid groups (broad SMARTS) is 1.